The number of nitrogens with one attached hydrogen (secondary N) is 1. The van der Waals surface area contributed by atoms with E-state index in [0.717, 1.165) is 17.4 Å². The van der Waals surface area contributed by atoms with Crippen molar-refractivity contribution in [2.45, 2.75) is 50.1 Å². The van der Waals surface area contributed by atoms with E-state index in [-0.39, 0.29) is 22.8 Å². The lowest BCUT2D eigenvalue weighted by molar-refractivity contribution is 0.0953. The molecular weight excluding hydrogens is 354 g/mol. The first kappa shape index (κ1) is 17.5. The lowest BCUT2D eigenvalue weighted by Gasteiger charge is -2.10. The van der Waals surface area contributed by atoms with Crippen LogP contribution in [-0.2, 0) is 0 Å². The molecule has 3 heterocycles. The molecule has 0 spiro atoms. The fraction of sp³-hybridized carbons (Fsp3) is 0.500. The molecule has 0 radical (unpaired) electrons. The lowest BCUT2D eigenvalue weighted by Crippen LogP contribution is -2.28. The van der Waals surface area contributed by atoms with E-state index in [0.29, 0.717) is 31.5 Å². The maximum atomic E-state index is 13.4. The average molecular weight is 372 g/mol. The van der Waals surface area contributed by atoms with E-state index in [2.05, 4.69) is 31.5 Å². The molecule has 0 saturated heterocycles. The van der Waals surface area contributed by atoms with Crippen LogP contribution in [0.2, 0.25) is 0 Å². The van der Waals surface area contributed by atoms with Gasteiger partial charge in [0.2, 0.25) is 0 Å². The Morgan fingerprint density at radius 2 is 2.19 bits per heavy atom. The van der Waals surface area contributed by atoms with E-state index in [1.807, 2.05) is 0 Å². The van der Waals surface area contributed by atoms with E-state index < -0.39 is 18.0 Å². The smallest absolute Gasteiger partial charge is 0.280 e. The number of rotatable bonds is 8. The zero-order chi connectivity index (χ0) is 19.0. The van der Waals surface area contributed by atoms with Gasteiger partial charge in [-0.3, -0.25) is 4.79 Å². The van der Waals surface area contributed by atoms with Crippen LogP contribution in [0.3, 0.4) is 0 Å². The third-order valence-corrected chi connectivity index (χ3v) is 4.85. The molecule has 2 aromatic rings. The molecule has 1 fully saturated rings. The Morgan fingerprint density at radius 1 is 1.41 bits per heavy atom. The van der Waals surface area contributed by atoms with Crippen LogP contribution in [0.25, 0.3) is 5.65 Å². The molecule has 1 aliphatic heterocycles. The lowest BCUT2D eigenvalue weighted by atomic mass is 10.0. The molecular formula is C18H18F2N6O. The summed E-state index contributed by atoms with van der Waals surface area (Å²) in [6.07, 6.45) is 7.45. The van der Waals surface area contributed by atoms with Crippen LogP contribution in [-0.4, -0.2) is 32.7 Å². The van der Waals surface area contributed by atoms with E-state index in [1.165, 1.54) is 12.3 Å². The zero-order valence-electron chi connectivity index (χ0n) is 14.5. The maximum absolute atomic E-state index is 13.4. The monoisotopic (exact) mass is 372 g/mol. The third kappa shape index (κ3) is 3.52. The highest BCUT2D eigenvalue weighted by molar-refractivity contribution is 5.99. The molecule has 2 aliphatic rings. The summed E-state index contributed by atoms with van der Waals surface area (Å²) >= 11 is 0. The summed E-state index contributed by atoms with van der Waals surface area (Å²) in [6.45, 7) is 0.345. The third-order valence-electron chi connectivity index (χ3n) is 4.85. The summed E-state index contributed by atoms with van der Waals surface area (Å²) in [5.74, 6) is 2.33. The summed E-state index contributed by atoms with van der Waals surface area (Å²) in [6, 6.07) is 1.38. The van der Waals surface area contributed by atoms with Gasteiger partial charge in [0, 0.05) is 37.4 Å². The molecule has 1 saturated carbocycles. The summed E-state index contributed by atoms with van der Waals surface area (Å²) in [5.41, 5.74) is 0.207. The van der Waals surface area contributed by atoms with Crippen LogP contribution in [0.1, 0.15) is 66.2 Å². The van der Waals surface area contributed by atoms with Gasteiger partial charge in [-0.25, -0.2) is 18.3 Å². The van der Waals surface area contributed by atoms with Crippen LogP contribution in [0.5, 0.6) is 0 Å². The summed E-state index contributed by atoms with van der Waals surface area (Å²) in [7, 11) is 0. The van der Waals surface area contributed by atoms with Gasteiger partial charge < -0.3 is 5.32 Å². The van der Waals surface area contributed by atoms with E-state index in [1.54, 1.807) is 0 Å². The van der Waals surface area contributed by atoms with Gasteiger partial charge in [0.05, 0.1) is 6.20 Å². The summed E-state index contributed by atoms with van der Waals surface area (Å²) in [4.78, 5) is 17.0. The highest BCUT2D eigenvalue weighted by Crippen LogP contribution is 2.40. The molecule has 27 heavy (non-hydrogen) atoms. The highest BCUT2D eigenvalue weighted by atomic mass is 19.3. The van der Waals surface area contributed by atoms with Gasteiger partial charge in [-0.2, -0.15) is 15.3 Å². The molecule has 0 aromatic carbocycles. The van der Waals surface area contributed by atoms with Crippen LogP contribution in [0.15, 0.2) is 22.5 Å². The molecule has 0 bridgehead atoms. The van der Waals surface area contributed by atoms with Crippen LogP contribution in [0.4, 0.5) is 8.78 Å². The van der Waals surface area contributed by atoms with Gasteiger partial charge in [0.25, 0.3) is 12.3 Å². The van der Waals surface area contributed by atoms with E-state index in [9.17, 15) is 13.6 Å². The summed E-state index contributed by atoms with van der Waals surface area (Å²) < 4.78 is 27.8. The molecule has 2 aromatic heterocycles. The van der Waals surface area contributed by atoms with Gasteiger partial charge >= 0.3 is 0 Å². The Kier molecular flexibility index (Phi) is 4.34. The number of carbonyl (C=O) groups is 1. The Balaban J connectivity index is 1.50. The standard InChI is InChI=1S/C18H18F2N6O/c1-2-3-6-18(24-25-18)7-8-21-17(27)12-10-22-26-14(15(19)20)9-13(11-4-5-11)23-16(12)26/h1,9-11,15H,3-8H2,(H,21,27). The number of carbonyl (C=O) groups excluding carboxylic acids is 1. The Morgan fingerprint density at radius 3 is 2.81 bits per heavy atom. The molecule has 9 heteroatoms. The minimum Gasteiger partial charge on any atom is -0.352 e. The Hall–Kier alpha value is -2.89. The van der Waals surface area contributed by atoms with Crippen LogP contribution < -0.4 is 5.32 Å². The number of aromatic nitrogens is 3. The van der Waals surface area contributed by atoms with Gasteiger partial charge in [0.15, 0.2) is 11.3 Å². The number of fused-ring (bicyclic) bond motifs is 1. The normalized spacial score (nSPS) is 17.3. The predicted molar refractivity (Wildman–Crippen MR) is 92.5 cm³/mol. The number of alkyl halides is 2. The molecule has 1 N–H and O–H groups in total. The second-order valence-electron chi connectivity index (χ2n) is 6.87. The molecule has 0 atom stereocenters. The minimum absolute atomic E-state index is 0.162. The van der Waals surface area contributed by atoms with Gasteiger partial charge in [-0.1, -0.05) is 0 Å². The fourth-order valence-electron chi connectivity index (χ4n) is 3.05. The number of hydrogen-bond acceptors (Lipinski definition) is 5. The largest absolute Gasteiger partial charge is 0.352 e. The molecule has 0 unspecified atom stereocenters. The van der Waals surface area contributed by atoms with Crippen molar-refractivity contribution in [3.05, 3.63) is 29.2 Å². The van der Waals surface area contributed by atoms with Crippen molar-refractivity contribution in [3.63, 3.8) is 0 Å². The number of hydrogen-bond donors (Lipinski definition) is 1. The zero-order valence-corrected chi connectivity index (χ0v) is 14.5. The van der Waals surface area contributed by atoms with Gasteiger partial charge in [-0.15, -0.1) is 12.3 Å². The topological polar surface area (TPSA) is 84.0 Å². The number of halogens is 2. The maximum Gasteiger partial charge on any atom is 0.280 e. The first-order chi connectivity index (χ1) is 13.0. The Labute approximate surface area is 154 Å². The molecule has 4 rings (SSSR count). The number of terminal acetylenes is 1. The second kappa shape index (κ2) is 6.68. The van der Waals surface area contributed by atoms with Crippen LogP contribution in [0, 0.1) is 12.3 Å². The van der Waals surface area contributed by atoms with Crippen molar-refractivity contribution in [1.82, 2.24) is 19.9 Å². The van der Waals surface area contributed by atoms with Crippen molar-refractivity contribution >= 4 is 11.6 Å². The van der Waals surface area contributed by atoms with Gasteiger partial charge in [0.1, 0.15) is 11.3 Å². The van der Waals surface area contributed by atoms with Crippen molar-refractivity contribution in [2.75, 3.05) is 6.54 Å². The summed E-state index contributed by atoms with van der Waals surface area (Å²) in [5, 5.41) is 14.7. The highest BCUT2D eigenvalue weighted by Gasteiger charge is 2.38. The van der Waals surface area contributed by atoms with Gasteiger partial charge in [-0.05, 0) is 18.9 Å². The second-order valence-corrected chi connectivity index (χ2v) is 6.87. The fourth-order valence-corrected chi connectivity index (χ4v) is 3.05. The van der Waals surface area contributed by atoms with Crippen LogP contribution >= 0.6 is 0 Å². The molecule has 1 amide bonds. The first-order valence-electron chi connectivity index (χ1n) is 8.85. The SMILES string of the molecule is C#CCCC1(CCNC(=O)c2cnn3c(C(F)F)cc(C4CC4)nc23)N=N1. The van der Waals surface area contributed by atoms with Crippen molar-refractivity contribution < 1.29 is 13.6 Å². The first-order valence-corrected chi connectivity index (χ1v) is 8.85. The Bertz CT molecular complexity index is 951. The quantitative estimate of drug-likeness (QED) is 0.722. The van der Waals surface area contributed by atoms with E-state index >= 15 is 0 Å². The minimum atomic E-state index is -2.70. The van der Waals surface area contributed by atoms with Crippen molar-refractivity contribution in [2.24, 2.45) is 10.2 Å². The number of amides is 1. The molecule has 1 aliphatic carbocycles. The van der Waals surface area contributed by atoms with Crippen molar-refractivity contribution in [3.8, 4) is 12.3 Å². The predicted octanol–water partition coefficient (Wildman–Crippen LogP) is 3.24. The van der Waals surface area contributed by atoms with Crippen molar-refractivity contribution in [1.29, 1.82) is 0 Å². The molecule has 7 nitrogen and oxygen atoms in total. The molecule has 140 valence electrons. The van der Waals surface area contributed by atoms with E-state index in [4.69, 9.17) is 6.42 Å². The number of nitrogens with zero attached hydrogens (tertiary/aromatic N) is 5. The average Bonchev–Trinajstić information content (AvgIpc) is 3.57.